The molecule has 2 aromatic rings. The molecule has 2 heterocycles. The van der Waals surface area contributed by atoms with Crippen molar-refractivity contribution in [1.29, 1.82) is 0 Å². The van der Waals surface area contributed by atoms with E-state index in [1.165, 1.54) is 9.13 Å². The monoisotopic (exact) mass is 419 g/mol. The van der Waals surface area contributed by atoms with E-state index in [4.69, 9.17) is 0 Å². The molecule has 1 N–H and O–H groups in total. The van der Waals surface area contributed by atoms with Crippen molar-refractivity contribution in [3.63, 3.8) is 0 Å². The van der Waals surface area contributed by atoms with Gasteiger partial charge >= 0.3 is 5.69 Å². The zero-order chi connectivity index (χ0) is 22.3. The zero-order valence-corrected chi connectivity index (χ0v) is 19.2. The Hall–Kier alpha value is -2.38. The largest absolute Gasteiger partial charge is 0.352 e. The summed E-state index contributed by atoms with van der Waals surface area (Å²) < 4.78 is 4.44. The van der Waals surface area contributed by atoms with Crippen LogP contribution in [0.5, 0.6) is 0 Å². The molecule has 0 fully saturated rings. The number of nitrogens with one attached hydrogen (secondary N) is 1. The van der Waals surface area contributed by atoms with Gasteiger partial charge in [-0.05, 0) is 33.6 Å². The lowest BCUT2D eigenvalue weighted by Gasteiger charge is -2.20. The van der Waals surface area contributed by atoms with Gasteiger partial charge in [0.05, 0.1) is 6.33 Å². The van der Waals surface area contributed by atoms with Crippen LogP contribution in [-0.4, -0.2) is 30.1 Å². The number of nitrogens with zero attached hydrogens (tertiary/aromatic N) is 4. The van der Waals surface area contributed by atoms with E-state index in [9.17, 15) is 14.4 Å². The molecule has 8 nitrogen and oxygen atoms in total. The fraction of sp³-hybridized carbons (Fsp3) is 0.727. The van der Waals surface area contributed by atoms with E-state index in [0.717, 1.165) is 51.4 Å². The maximum atomic E-state index is 12.6. The molecule has 2 rings (SSSR count). The Balaban J connectivity index is 1.64. The lowest BCUT2D eigenvalue weighted by molar-refractivity contribution is -0.122. The first-order chi connectivity index (χ1) is 14.1. The summed E-state index contributed by atoms with van der Waals surface area (Å²) in [6, 6.07) is 0. The minimum Gasteiger partial charge on any atom is -0.352 e. The standard InChI is InChI=1S/C22H37N5O3/c1-22(2,3)24-17(28)14-12-10-8-6-7-9-11-13-15-27-20(29)18-19(23-16-25(18)4)26(5)21(27)30/h16H,6-15H2,1-5H3,(H,24,28). The molecular formula is C22H37N5O3. The Bertz CT molecular complexity index is 962. The second-order valence-electron chi connectivity index (χ2n) is 9.20. The highest BCUT2D eigenvalue weighted by atomic mass is 16.2. The molecule has 0 aliphatic carbocycles. The molecule has 0 aromatic carbocycles. The fourth-order valence-electron chi connectivity index (χ4n) is 3.69. The Kier molecular flexibility index (Phi) is 8.43. The third-order valence-electron chi connectivity index (χ3n) is 5.25. The SMILES string of the molecule is Cn1cnc2c1c(=O)n(CCCCCCCCCCC(=O)NC(C)(C)C)c(=O)n2C. The van der Waals surface area contributed by atoms with Crippen molar-refractivity contribution in [3.8, 4) is 0 Å². The first kappa shape index (κ1) is 23.9. The number of amides is 1. The second-order valence-corrected chi connectivity index (χ2v) is 9.20. The first-order valence-electron chi connectivity index (χ1n) is 11.0. The van der Waals surface area contributed by atoms with Crippen molar-refractivity contribution < 1.29 is 4.79 Å². The molecular weight excluding hydrogens is 382 g/mol. The van der Waals surface area contributed by atoms with Crippen LogP contribution < -0.4 is 16.6 Å². The lowest BCUT2D eigenvalue weighted by atomic mass is 10.1. The summed E-state index contributed by atoms with van der Waals surface area (Å²) in [7, 11) is 3.42. The van der Waals surface area contributed by atoms with Crippen LogP contribution in [0.2, 0.25) is 0 Å². The van der Waals surface area contributed by atoms with E-state index in [2.05, 4.69) is 10.3 Å². The molecule has 0 aliphatic heterocycles. The van der Waals surface area contributed by atoms with Crippen molar-refractivity contribution in [2.45, 2.75) is 90.6 Å². The third kappa shape index (κ3) is 6.57. The van der Waals surface area contributed by atoms with Gasteiger partial charge in [-0.3, -0.25) is 18.7 Å². The maximum absolute atomic E-state index is 12.6. The number of carbonyl (C=O) groups excluding carboxylic acids is 1. The van der Waals surface area contributed by atoms with Gasteiger partial charge in [0.15, 0.2) is 11.2 Å². The van der Waals surface area contributed by atoms with Gasteiger partial charge in [-0.15, -0.1) is 0 Å². The van der Waals surface area contributed by atoms with Gasteiger partial charge in [-0.1, -0.05) is 38.5 Å². The number of hydrogen-bond donors (Lipinski definition) is 1. The van der Waals surface area contributed by atoms with Crippen LogP contribution >= 0.6 is 0 Å². The van der Waals surface area contributed by atoms with E-state index in [1.807, 2.05) is 20.8 Å². The molecule has 30 heavy (non-hydrogen) atoms. The van der Waals surface area contributed by atoms with Crippen molar-refractivity contribution in [3.05, 3.63) is 27.2 Å². The van der Waals surface area contributed by atoms with Crippen molar-refractivity contribution in [2.24, 2.45) is 14.1 Å². The van der Waals surface area contributed by atoms with Gasteiger partial charge in [0.2, 0.25) is 5.91 Å². The summed E-state index contributed by atoms with van der Waals surface area (Å²) in [4.78, 5) is 41.0. The first-order valence-corrected chi connectivity index (χ1v) is 11.0. The predicted molar refractivity (Wildman–Crippen MR) is 120 cm³/mol. The Labute approximate surface area is 178 Å². The van der Waals surface area contributed by atoms with Crippen LogP contribution in [0.25, 0.3) is 11.2 Å². The minimum atomic E-state index is -0.304. The Morgan fingerprint density at radius 2 is 1.53 bits per heavy atom. The van der Waals surface area contributed by atoms with Crippen LogP contribution in [0.3, 0.4) is 0 Å². The zero-order valence-electron chi connectivity index (χ0n) is 19.2. The van der Waals surface area contributed by atoms with Gasteiger partial charge in [-0.2, -0.15) is 0 Å². The molecule has 0 aliphatic rings. The smallest absolute Gasteiger partial charge is 0.332 e. The van der Waals surface area contributed by atoms with Gasteiger partial charge < -0.3 is 9.88 Å². The number of aryl methyl sites for hydroxylation is 2. The van der Waals surface area contributed by atoms with Crippen molar-refractivity contribution >= 4 is 17.1 Å². The summed E-state index contributed by atoms with van der Waals surface area (Å²) in [6.45, 7) is 6.43. The molecule has 2 aromatic heterocycles. The van der Waals surface area contributed by atoms with E-state index >= 15 is 0 Å². The number of unbranched alkanes of at least 4 members (excludes halogenated alkanes) is 7. The van der Waals surface area contributed by atoms with Gasteiger partial charge in [0.1, 0.15) is 0 Å². The van der Waals surface area contributed by atoms with Crippen molar-refractivity contribution in [1.82, 2.24) is 24.0 Å². The molecule has 168 valence electrons. The topological polar surface area (TPSA) is 90.9 Å². The molecule has 0 saturated carbocycles. The number of fused-ring (bicyclic) bond motifs is 1. The van der Waals surface area contributed by atoms with Crippen LogP contribution in [0.4, 0.5) is 0 Å². The normalized spacial score (nSPS) is 11.9. The summed E-state index contributed by atoms with van der Waals surface area (Å²) >= 11 is 0. The Morgan fingerprint density at radius 1 is 0.967 bits per heavy atom. The third-order valence-corrected chi connectivity index (χ3v) is 5.25. The summed E-state index contributed by atoms with van der Waals surface area (Å²) in [5, 5.41) is 2.99. The quantitative estimate of drug-likeness (QED) is 0.567. The second kappa shape index (κ2) is 10.6. The van der Waals surface area contributed by atoms with Gasteiger partial charge in [-0.25, -0.2) is 9.78 Å². The summed E-state index contributed by atoms with van der Waals surface area (Å²) in [6.07, 6.45) is 10.5. The number of hydrogen-bond acceptors (Lipinski definition) is 4. The minimum absolute atomic E-state index is 0.133. The van der Waals surface area contributed by atoms with Gasteiger partial charge in [0.25, 0.3) is 5.56 Å². The van der Waals surface area contributed by atoms with Crippen LogP contribution in [0, 0.1) is 0 Å². The maximum Gasteiger partial charge on any atom is 0.332 e. The number of aromatic nitrogens is 4. The van der Waals surface area contributed by atoms with Crippen LogP contribution in [0.15, 0.2) is 15.9 Å². The number of carbonyl (C=O) groups is 1. The Morgan fingerprint density at radius 3 is 2.13 bits per heavy atom. The lowest BCUT2D eigenvalue weighted by Crippen LogP contribution is -2.40. The highest BCUT2D eigenvalue weighted by molar-refractivity contribution is 5.76. The summed E-state index contributed by atoms with van der Waals surface area (Å²) in [5.74, 6) is 0.133. The van der Waals surface area contributed by atoms with Crippen LogP contribution in [-0.2, 0) is 25.4 Å². The molecule has 0 saturated heterocycles. The van der Waals surface area contributed by atoms with E-state index in [1.54, 1.807) is 25.0 Å². The molecule has 0 atom stereocenters. The molecule has 8 heteroatoms. The van der Waals surface area contributed by atoms with E-state index in [-0.39, 0.29) is 22.7 Å². The van der Waals surface area contributed by atoms with E-state index in [0.29, 0.717) is 24.1 Å². The molecule has 0 radical (unpaired) electrons. The predicted octanol–water partition coefficient (Wildman–Crippen LogP) is 2.86. The van der Waals surface area contributed by atoms with Crippen molar-refractivity contribution in [2.75, 3.05) is 0 Å². The van der Waals surface area contributed by atoms with E-state index < -0.39 is 0 Å². The van der Waals surface area contributed by atoms with Crippen LogP contribution in [0.1, 0.15) is 78.6 Å². The molecule has 0 spiro atoms. The number of rotatable bonds is 11. The van der Waals surface area contributed by atoms with Gasteiger partial charge in [0, 0.05) is 32.6 Å². The highest BCUT2D eigenvalue weighted by Crippen LogP contribution is 2.11. The average Bonchev–Trinajstić information content (AvgIpc) is 3.04. The molecule has 0 bridgehead atoms. The molecule has 0 unspecified atom stereocenters. The molecule has 1 amide bonds. The highest BCUT2D eigenvalue weighted by Gasteiger charge is 2.14. The summed E-state index contributed by atoms with van der Waals surface area (Å²) in [5.41, 5.74) is 0.175. The average molecular weight is 420 g/mol. The fourth-order valence-corrected chi connectivity index (χ4v) is 3.69. The number of imidazole rings is 1.